The molecule has 20 nitrogen and oxygen atoms in total. The summed E-state index contributed by atoms with van der Waals surface area (Å²) in [6.45, 7) is 12.6. The number of imide groups is 1. The number of rotatable bonds is 12. The van der Waals surface area contributed by atoms with Gasteiger partial charge in [0.15, 0.2) is 28.9 Å². The largest absolute Gasteiger partial charge is 1.00 e. The molecule has 4 N–H and O–H groups in total. The van der Waals surface area contributed by atoms with Crippen LogP contribution in [0.25, 0.3) is 33.8 Å². The monoisotopic (exact) mass is 1130 g/mol. The minimum absolute atomic E-state index is 0. The van der Waals surface area contributed by atoms with Crippen molar-refractivity contribution in [3.05, 3.63) is 61.2 Å². The molecule has 10 rings (SSSR count). The van der Waals surface area contributed by atoms with Gasteiger partial charge >= 0.3 is 68.9 Å². The predicted molar refractivity (Wildman–Crippen MR) is 265 cm³/mol. The Balaban J connectivity index is 0.000000208. The Morgan fingerprint density at radius 2 is 1.58 bits per heavy atom. The zero-order chi connectivity index (χ0) is 50.0. The Hall–Kier alpha value is -4.63. The number of carbonyl (C=O) groups excluding carboxylic acids is 4. The number of fused-ring (bicyclic) bond motifs is 1. The zero-order valence-electron chi connectivity index (χ0n) is 42.7. The van der Waals surface area contributed by atoms with Gasteiger partial charge in [0.05, 0.1) is 16.5 Å². The molecule has 8 heterocycles. The minimum atomic E-state index is -0.703. The van der Waals surface area contributed by atoms with E-state index in [9.17, 15) is 28.0 Å². The third kappa shape index (κ3) is 12.9. The zero-order valence-corrected chi connectivity index (χ0v) is 49.0. The number of benzene rings is 1. The number of nitrogen functional groups attached to an aromatic ring is 1. The molecule has 1 atom stereocenters. The topological polar surface area (TPSA) is 236 Å². The van der Waals surface area contributed by atoms with E-state index in [2.05, 4.69) is 51.4 Å². The second-order valence-corrected chi connectivity index (χ2v) is 20.2. The molecule has 73 heavy (non-hydrogen) atoms. The van der Waals surface area contributed by atoms with Crippen molar-refractivity contribution in [3.63, 3.8) is 0 Å². The summed E-state index contributed by atoms with van der Waals surface area (Å²) in [5.41, 5.74) is 9.70. The fourth-order valence-electron chi connectivity index (χ4n) is 10.0. The van der Waals surface area contributed by atoms with Crippen LogP contribution in [0, 0.1) is 25.0 Å². The number of hydrogen-bond donors (Lipinski definition) is 3. The number of likely N-dealkylation sites (tertiary alicyclic amines) is 2. The van der Waals surface area contributed by atoms with Gasteiger partial charge in [-0.25, -0.2) is 33.4 Å². The molecule has 4 aliphatic heterocycles. The number of nitrogens with two attached hydrogens (primary N) is 1. The third-order valence-electron chi connectivity index (χ3n) is 14.1. The molecule has 0 bridgehead atoms. The summed E-state index contributed by atoms with van der Waals surface area (Å²) in [5.74, 6) is 0.638. The quantitative estimate of drug-likeness (QED) is 0.0922. The van der Waals surface area contributed by atoms with Crippen molar-refractivity contribution in [2.75, 3.05) is 88.6 Å². The first-order valence-electron chi connectivity index (χ1n) is 24.5. The van der Waals surface area contributed by atoms with E-state index in [0.717, 1.165) is 94.5 Å². The van der Waals surface area contributed by atoms with Crippen LogP contribution >= 0.6 is 0 Å². The van der Waals surface area contributed by atoms with E-state index in [1.165, 1.54) is 25.6 Å². The number of piperidine rings is 3. The SMILES string of the molecule is CC(C)(C)n1nc(-c2noc(C3CC3)c2-c2ncc(C3CCN(C=O)CC3)cn2)c2c(N)ncnc21.COCC(=O)N1CCC(CN2CCN(c3c(F)cc(NC4CCC(=O)NC4=O)cc3F)CC2)CC1.[CH3-].[Cs+]. The molecule has 4 amide bonds. The molecule has 1 aliphatic carbocycles. The number of anilines is 3. The minimum Gasteiger partial charge on any atom is -0.383 e. The average Bonchev–Trinajstić information content (AvgIpc) is 3.97. The summed E-state index contributed by atoms with van der Waals surface area (Å²) >= 11 is 0. The molecule has 1 aromatic carbocycles. The van der Waals surface area contributed by atoms with Gasteiger partial charge in [-0.3, -0.25) is 29.4 Å². The van der Waals surface area contributed by atoms with Crippen molar-refractivity contribution in [2.45, 2.75) is 95.6 Å². The van der Waals surface area contributed by atoms with Gasteiger partial charge in [-0.1, -0.05) is 5.16 Å². The Morgan fingerprint density at radius 3 is 2.18 bits per heavy atom. The molecule has 0 spiro atoms. The number of nitrogens with one attached hydrogen (secondary N) is 2. The predicted octanol–water partition coefficient (Wildman–Crippen LogP) is 2.13. The number of methoxy groups -OCH3 is 1. The normalized spacial score (nSPS) is 19.2. The van der Waals surface area contributed by atoms with E-state index in [1.807, 2.05) is 26.9 Å². The maximum atomic E-state index is 14.9. The first kappa shape index (κ1) is 56.1. The van der Waals surface area contributed by atoms with Crippen LogP contribution in [0.3, 0.4) is 0 Å². The van der Waals surface area contributed by atoms with E-state index in [1.54, 1.807) is 4.90 Å². The van der Waals surface area contributed by atoms with Crippen molar-refractivity contribution in [1.29, 1.82) is 0 Å². The number of ether oxygens (including phenoxy) is 1. The van der Waals surface area contributed by atoms with Crippen LogP contribution in [-0.2, 0) is 29.5 Å². The Bertz CT molecular complexity index is 2720. The van der Waals surface area contributed by atoms with E-state index in [4.69, 9.17) is 30.1 Å². The number of piperazine rings is 1. The number of amides is 4. The second-order valence-electron chi connectivity index (χ2n) is 20.2. The fraction of sp³-hybridized carbons (Fsp3) is 0.540. The van der Waals surface area contributed by atoms with Gasteiger partial charge in [0.25, 0.3) is 0 Å². The molecule has 5 aliphatic rings. The van der Waals surface area contributed by atoms with Gasteiger partial charge in [-0.15, -0.1) is 0 Å². The second kappa shape index (κ2) is 24.4. The van der Waals surface area contributed by atoms with E-state index >= 15 is 0 Å². The van der Waals surface area contributed by atoms with Crippen molar-refractivity contribution in [3.8, 4) is 22.8 Å². The summed E-state index contributed by atoms with van der Waals surface area (Å²) in [5, 5.41) is 15.1. The van der Waals surface area contributed by atoms with Crippen LogP contribution in [0.2, 0.25) is 0 Å². The Kier molecular flexibility index (Phi) is 18.7. The molecule has 386 valence electrons. The van der Waals surface area contributed by atoms with Gasteiger partial charge < -0.3 is 42.4 Å². The first-order valence-corrected chi connectivity index (χ1v) is 24.5. The summed E-state index contributed by atoms with van der Waals surface area (Å²) in [6, 6.07) is 1.70. The van der Waals surface area contributed by atoms with Crippen LogP contribution < -0.4 is 90.2 Å². The summed E-state index contributed by atoms with van der Waals surface area (Å²) in [6.07, 6.45) is 12.4. The van der Waals surface area contributed by atoms with Gasteiger partial charge in [0, 0.05) is 96.4 Å². The van der Waals surface area contributed by atoms with Gasteiger partial charge in [0.1, 0.15) is 41.9 Å². The van der Waals surface area contributed by atoms with Crippen molar-refractivity contribution >= 4 is 52.4 Å². The van der Waals surface area contributed by atoms with E-state index in [0.29, 0.717) is 78.0 Å². The van der Waals surface area contributed by atoms with Crippen LogP contribution in [0.15, 0.2) is 35.4 Å². The maximum Gasteiger partial charge on any atom is 1.00 e. The third-order valence-corrected chi connectivity index (χ3v) is 14.1. The summed E-state index contributed by atoms with van der Waals surface area (Å²) in [4.78, 5) is 72.1. The number of aromatic nitrogens is 7. The molecule has 0 radical (unpaired) electrons. The van der Waals surface area contributed by atoms with Gasteiger partial charge in [-0.2, -0.15) is 5.10 Å². The van der Waals surface area contributed by atoms with Crippen molar-refractivity contribution in [2.24, 2.45) is 5.92 Å². The molecule has 23 heteroatoms. The standard InChI is InChI=1S/C25H29N9O2.C24H33F2N5O4.CH3.Cs/c1-25(2,3)34-24-18(22(26)29-12-30-24)19(31-34)20-17(21(36-32-20)15-4-5-15)23-27-10-16(11-28-23)14-6-8-33(13-35)9-7-14;1-35-15-22(33)30-6-4-16(5-7-30)14-29-8-10-31(11-9-29)23-18(25)12-17(13-19(23)26)27-20-2-3-21(32)28-24(20)34;;/h10-15H,4-9H2,1-3H3,(H2,26,29,30);12-13,16,20,27H,2-11,14-15H2,1H3,(H,28,32,34);1H3;/q;;-1;+1. The van der Waals surface area contributed by atoms with Gasteiger partial charge in [0.2, 0.25) is 24.1 Å². The molecule has 5 fully saturated rings. The maximum absolute atomic E-state index is 14.9. The number of nitrogens with zero attached hydrogens (tertiary/aromatic N) is 11. The van der Waals surface area contributed by atoms with Crippen LogP contribution in [-0.4, -0.2) is 152 Å². The Morgan fingerprint density at radius 1 is 0.904 bits per heavy atom. The molecule has 4 saturated heterocycles. The molecule has 5 aromatic rings. The summed E-state index contributed by atoms with van der Waals surface area (Å²) < 4.78 is 42.5. The number of halogens is 2. The number of carbonyl (C=O) groups is 4. The molecule has 4 aromatic heterocycles. The fourth-order valence-corrected chi connectivity index (χ4v) is 10.0. The van der Waals surface area contributed by atoms with E-state index < -0.39 is 23.6 Å². The first-order chi connectivity index (χ1) is 34.2. The molecule has 1 unspecified atom stereocenters. The molecular formula is C50H65CsF2N14O6. The molecular weight excluding hydrogens is 1060 g/mol. The molecule has 1 saturated carbocycles. The summed E-state index contributed by atoms with van der Waals surface area (Å²) in [7, 11) is 1.52. The van der Waals surface area contributed by atoms with E-state index in [-0.39, 0.29) is 124 Å². The van der Waals surface area contributed by atoms with Gasteiger partial charge in [-0.05, 0) is 95.2 Å². The van der Waals surface area contributed by atoms with Crippen LogP contribution in [0.5, 0.6) is 0 Å². The van der Waals surface area contributed by atoms with Crippen LogP contribution in [0.1, 0.15) is 95.3 Å². The smallest absolute Gasteiger partial charge is 0.383 e. The van der Waals surface area contributed by atoms with Crippen molar-refractivity contribution < 1.29 is 106 Å². The number of hydrogen-bond acceptors (Lipinski definition) is 16. The Labute approximate surface area is 482 Å². The average molecular weight is 1130 g/mol. The van der Waals surface area contributed by atoms with Crippen LogP contribution in [0.4, 0.5) is 26.0 Å². The van der Waals surface area contributed by atoms with Crippen molar-refractivity contribution in [1.82, 2.24) is 54.9 Å².